The summed E-state index contributed by atoms with van der Waals surface area (Å²) in [6, 6.07) is 4.07. The summed E-state index contributed by atoms with van der Waals surface area (Å²) in [5.74, 6) is -0.926. The van der Waals surface area contributed by atoms with E-state index in [1.54, 1.807) is 0 Å². The number of nitrogens with one attached hydrogen (secondary N) is 1. The van der Waals surface area contributed by atoms with E-state index < -0.39 is 11.6 Å². The summed E-state index contributed by atoms with van der Waals surface area (Å²) in [6.07, 6.45) is 4.74. The molecule has 1 amide bonds. The fraction of sp³-hybridized carbons (Fsp3) is 0.562. The number of amides is 1. The van der Waals surface area contributed by atoms with Gasteiger partial charge in [0.2, 0.25) is 5.91 Å². The Hall–Kier alpha value is -1.49. The highest BCUT2D eigenvalue weighted by Crippen LogP contribution is 2.39. The van der Waals surface area contributed by atoms with Gasteiger partial charge < -0.3 is 5.32 Å². The lowest BCUT2D eigenvalue weighted by molar-refractivity contribution is -0.118. The van der Waals surface area contributed by atoms with E-state index >= 15 is 0 Å². The van der Waals surface area contributed by atoms with Crippen LogP contribution in [0.1, 0.15) is 32.6 Å². The van der Waals surface area contributed by atoms with E-state index in [9.17, 15) is 13.6 Å². The zero-order chi connectivity index (χ0) is 15.0. The SMILES string of the molecule is CC(C1CC1)N(CC(=O)Nc1ccc(F)cc1F)C1CC1. The molecule has 1 atom stereocenters. The summed E-state index contributed by atoms with van der Waals surface area (Å²) < 4.78 is 26.4. The third-order valence-electron chi connectivity index (χ3n) is 4.37. The Balaban J connectivity index is 1.61. The van der Waals surface area contributed by atoms with Gasteiger partial charge in [-0.2, -0.15) is 0 Å². The van der Waals surface area contributed by atoms with Gasteiger partial charge in [-0.15, -0.1) is 0 Å². The molecule has 0 spiro atoms. The smallest absolute Gasteiger partial charge is 0.238 e. The molecular weight excluding hydrogens is 274 g/mol. The standard InChI is InChI=1S/C16H20F2N2O/c1-10(11-2-3-11)20(13-5-6-13)9-16(21)19-15-7-4-12(17)8-14(15)18/h4,7-8,10-11,13H,2-3,5-6,9H2,1H3,(H,19,21). The van der Waals surface area contributed by atoms with Crippen LogP contribution in [0, 0.1) is 17.6 Å². The summed E-state index contributed by atoms with van der Waals surface area (Å²) in [5, 5.41) is 2.54. The first-order valence-electron chi connectivity index (χ1n) is 7.55. The van der Waals surface area contributed by atoms with Crippen molar-refractivity contribution in [3.8, 4) is 0 Å². The van der Waals surface area contributed by atoms with Crippen LogP contribution in [-0.2, 0) is 4.79 Å². The molecule has 2 aliphatic carbocycles. The topological polar surface area (TPSA) is 32.3 Å². The quantitative estimate of drug-likeness (QED) is 0.874. The van der Waals surface area contributed by atoms with Crippen molar-refractivity contribution in [2.45, 2.75) is 44.7 Å². The number of hydrogen-bond acceptors (Lipinski definition) is 2. The van der Waals surface area contributed by atoms with E-state index in [1.165, 1.54) is 18.9 Å². The van der Waals surface area contributed by atoms with Gasteiger partial charge in [0.15, 0.2) is 0 Å². The Kier molecular flexibility index (Phi) is 3.93. The molecule has 0 radical (unpaired) electrons. The predicted octanol–water partition coefficient (Wildman–Crippen LogP) is 3.17. The Labute approximate surface area is 123 Å². The number of nitrogens with zero attached hydrogens (tertiary/aromatic N) is 1. The summed E-state index contributed by atoms with van der Waals surface area (Å²) in [4.78, 5) is 14.4. The molecule has 2 aliphatic rings. The van der Waals surface area contributed by atoms with E-state index in [-0.39, 0.29) is 18.1 Å². The minimum Gasteiger partial charge on any atom is -0.322 e. The molecule has 1 aromatic carbocycles. The Morgan fingerprint density at radius 2 is 2.05 bits per heavy atom. The number of carbonyl (C=O) groups excluding carboxylic acids is 1. The fourth-order valence-corrected chi connectivity index (χ4v) is 2.81. The van der Waals surface area contributed by atoms with Gasteiger partial charge in [0.05, 0.1) is 12.2 Å². The van der Waals surface area contributed by atoms with Crippen LogP contribution >= 0.6 is 0 Å². The fourth-order valence-electron chi connectivity index (χ4n) is 2.81. The number of anilines is 1. The van der Waals surface area contributed by atoms with Gasteiger partial charge in [-0.25, -0.2) is 8.78 Å². The highest BCUT2D eigenvalue weighted by atomic mass is 19.1. The van der Waals surface area contributed by atoms with Crippen LogP contribution in [0.2, 0.25) is 0 Å². The Morgan fingerprint density at radius 1 is 1.33 bits per heavy atom. The summed E-state index contributed by atoms with van der Waals surface area (Å²) in [6.45, 7) is 2.45. The highest BCUT2D eigenvalue weighted by Gasteiger charge is 2.39. The van der Waals surface area contributed by atoms with Crippen LogP contribution in [0.25, 0.3) is 0 Å². The monoisotopic (exact) mass is 294 g/mol. The number of benzene rings is 1. The molecule has 0 bridgehead atoms. The highest BCUT2D eigenvalue weighted by molar-refractivity contribution is 5.92. The summed E-state index contributed by atoms with van der Waals surface area (Å²) in [5.41, 5.74) is 0.0382. The van der Waals surface area contributed by atoms with Crippen LogP contribution in [0.4, 0.5) is 14.5 Å². The zero-order valence-corrected chi connectivity index (χ0v) is 12.1. The van der Waals surface area contributed by atoms with Crippen LogP contribution < -0.4 is 5.32 Å². The summed E-state index contributed by atoms with van der Waals surface area (Å²) in [7, 11) is 0. The van der Waals surface area contributed by atoms with Gasteiger partial charge in [-0.1, -0.05) is 0 Å². The van der Waals surface area contributed by atoms with Gasteiger partial charge in [0, 0.05) is 18.2 Å². The second-order valence-electron chi connectivity index (χ2n) is 6.15. The molecule has 1 N–H and O–H groups in total. The van der Waals surface area contributed by atoms with Gasteiger partial charge in [0.1, 0.15) is 11.6 Å². The van der Waals surface area contributed by atoms with Crippen LogP contribution in [0.15, 0.2) is 18.2 Å². The van der Waals surface area contributed by atoms with Crippen molar-refractivity contribution in [1.29, 1.82) is 0 Å². The normalized spacial score (nSPS) is 19.6. The molecule has 3 rings (SSSR count). The van der Waals surface area contributed by atoms with Crippen molar-refractivity contribution in [2.75, 3.05) is 11.9 Å². The molecule has 0 heterocycles. The first-order chi connectivity index (χ1) is 10.0. The third-order valence-corrected chi connectivity index (χ3v) is 4.37. The van der Waals surface area contributed by atoms with Gasteiger partial charge >= 0.3 is 0 Å². The molecule has 0 aromatic heterocycles. The largest absolute Gasteiger partial charge is 0.322 e. The van der Waals surface area contributed by atoms with Crippen molar-refractivity contribution in [1.82, 2.24) is 4.90 Å². The third kappa shape index (κ3) is 3.59. The minimum atomic E-state index is -0.739. The van der Waals surface area contributed by atoms with Crippen molar-refractivity contribution in [3.05, 3.63) is 29.8 Å². The molecule has 1 aromatic rings. The van der Waals surface area contributed by atoms with E-state index in [1.807, 2.05) is 0 Å². The number of hydrogen-bond donors (Lipinski definition) is 1. The molecule has 2 saturated carbocycles. The number of carbonyl (C=O) groups is 1. The maximum atomic E-state index is 13.5. The van der Waals surface area contributed by atoms with Gasteiger partial charge in [0.25, 0.3) is 0 Å². The molecule has 21 heavy (non-hydrogen) atoms. The second-order valence-corrected chi connectivity index (χ2v) is 6.15. The molecule has 1 unspecified atom stereocenters. The van der Waals surface area contributed by atoms with Crippen molar-refractivity contribution >= 4 is 11.6 Å². The molecule has 114 valence electrons. The van der Waals surface area contributed by atoms with E-state index in [4.69, 9.17) is 0 Å². The minimum absolute atomic E-state index is 0.0382. The van der Waals surface area contributed by atoms with Gasteiger partial charge in [-0.05, 0) is 50.7 Å². The number of halogens is 2. The molecule has 0 saturated heterocycles. The molecular formula is C16H20F2N2O. The second kappa shape index (κ2) is 5.72. The maximum absolute atomic E-state index is 13.5. The van der Waals surface area contributed by atoms with Gasteiger partial charge in [-0.3, -0.25) is 9.69 Å². The van der Waals surface area contributed by atoms with Crippen molar-refractivity contribution in [3.63, 3.8) is 0 Å². The Bertz CT molecular complexity index is 541. The predicted molar refractivity (Wildman–Crippen MR) is 76.9 cm³/mol. The molecule has 0 aliphatic heterocycles. The zero-order valence-electron chi connectivity index (χ0n) is 12.1. The molecule has 2 fully saturated rings. The molecule has 5 heteroatoms. The lowest BCUT2D eigenvalue weighted by Crippen LogP contribution is -2.42. The van der Waals surface area contributed by atoms with E-state index in [0.717, 1.165) is 25.0 Å². The first-order valence-corrected chi connectivity index (χ1v) is 7.55. The van der Waals surface area contributed by atoms with E-state index in [0.29, 0.717) is 18.0 Å². The first kappa shape index (κ1) is 14.4. The number of rotatable bonds is 6. The van der Waals surface area contributed by atoms with Crippen LogP contribution in [0.3, 0.4) is 0 Å². The summed E-state index contributed by atoms with van der Waals surface area (Å²) >= 11 is 0. The maximum Gasteiger partial charge on any atom is 0.238 e. The molecule has 3 nitrogen and oxygen atoms in total. The van der Waals surface area contributed by atoms with E-state index in [2.05, 4.69) is 17.1 Å². The van der Waals surface area contributed by atoms with Crippen LogP contribution in [0.5, 0.6) is 0 Å². The van der Waals surface area contributed by atoms with Crippen molar-refractivity contribution < 1.29 is 13.6 Å². The average Bonchev–Trinajstić information content (AvgIpc) is 3.28. The van der Waals surface area contributed by atoms with Crippen molar-refractivity contribution in [2.24, 2.45) is 5.92 Å². The Morgan fingerprint density at radius 3 is 2.62 bits per heavy atom. The lowest BCUT2D eigenvalue weighted by atomic mass is 10.1. The average molecular weight is 294 g/mol. The lowest BCUT2D eigenvalue weighted by Gasteiger charge is -2.28. The van der Waals surface area contributed by atoms with Crippen LogP contribution in [-0.4, -0.2) is 29.4 Å².